The lowest BCUT2D eigenvalue weighted by atomic mass is 9.87. The van der Waals surface area contributed by atoms with Crippen LogP contribution in [0, 0.1) is 5.41 Å². The van der Waals surface area contributed by atoms with Gasteiger partial charge in [-0.15, -0.1) is 0 Å². The molecule has 0 aliphatic rings. The van der Waals surface area contributed by atoms with Crippen molar-refractivity contribution < 1.29 is 4.79 Å². The zero-order valence-electron chi connectivity index (χ0n) is 10.3. The number of nitrogens with zero attached hydrogens (tertiary/aromatic N) is 1. The minimum Gasteiger partial charge on any atom is -0.342 e. The third kappa shape index (κ3) is 4.09. The van der Waals surface area contributed by atoms with Crippen LogP contribution in [0.4, 0.5) is 0 Å². The second-order valence-electron chi connectivity index (χ2n) is 4.90. The summed E-state index contributed by atoms with van der Waals surface area (Å²) in [5, 5.41) is 2.98. The van der Waals surface area contributed by atoms with Gasteiger partial charge >= 0.3 is 0 Å². The molecule has 14 heavy (non-hydrogen) atoms. The first-order valence-electron chi connectivity index (χ1n) is 5.21. The molecule has 0 aromatic carbocycles. The standard InChI is InChI=1S/C11H24N2O/c1-9(11(2,3)4)13(6)10(14)7-8-12-5/h9,12H,7-8H2,1-6H3. The van der Waals surface area contributed by atoms with Crippen LogP contribution in [0.25, 0.3) is 0 Å². The molecule has 3 nitrogen and oxygen atoms in total. The Morgan fingerprint density at radius 3 is 2.29 bits per heavy atom. The molecule has 0 bridgehead atoms. The molecule has 84 valence electrons. The van der Waals surface area contributed by atoms with E-state index >= 15 is 0 Å². The molecule has 0 radical (unpaired) electrons. The maximum absolute atomic E-state index is 11.7. The molecule has 0 aromatic rings. The van der Waals surface area contributed by atoms with E-state index < -0.39 is 0 Å². The van der Waals surface area contributed by atoms with Gasteiger partial charge in [-0.2, -0.15) is 0 Å². The summed E-state index contributed by atoms with van der Waals surface area (Å²) in [6.45, 7) is 9.30. The van der Waals surface area contributed by atoms with Crippen molar-refractivity contribution in [3.05, 3.63) is 0 Å². The van der Waals surface area contributed by atoms with E-state index in [4.69, 9.17) is 0 Å². The molecule has 1 amide bonds. The lowest BCUT2D eigenvalue weighted by Gasteiger charge is -2.35. The fourth-order valence-electron chi connectivity index (χ4n) is 1.21. The molecule has 0 saturated carbocycles. The Labute approximate surface area is 87.9 Å². The molecule has 1 unspecified atom stereocenters. The van der Waals surface area contributed by atoms with Crippen LogP contribution in [-0.4, -0.2) is 37.5 Å². The normalized spacial score (nSPS) is 13.9. The Morgan fingerprint density at radius 2 is 1.93 bits per heavy atom. The van der Waals surface area contributed by atoms with E-state index in [0.29, 0.717) is 6.42 Å². The van der Waals surface area contributed by atoms with E-state index in [-0.39, 0.29) is 17.4 Å². The summed E-state index contributed by atoms with van der Waals surface area (Å²) in [6.07, 6.45) is 0.577. The first kappa shape index (κ1) is 13.4. The minimum atomic E-state index is 0.143. The average Bonchev–Trinajstić information content (AvgIpc) is 2.10. The van der Waals surface area contributed by atoms with Gasteiger partial charge in [-0.05, 0) is 19.4 Å². The number of carbonyl (C=O) groups is 1. The van der Waals surface area contributed by atoms with Gasteiger partial charge in [-0.3, -0.25) is 4.79 Å². The third-order valence-electron chi connectivity index (χ3n) is 2.82. The van der Waals surface area contributed by atoms with Crippen molar-refractivity contribution in [1.29, 1.82) is 0 Å². The van der Waals surface area contributed by atoms with Crippen molar-refractivity contribution in [1.82, 2.24) is 10.2 Å². The summed E-state index contributed by atoms with van der Waals surface area (Å²) in [5.41, 5.74) is 0.143. The maximum atomic E-state index is 11.7. The van der Waals surface area contributed by atoms with E-state index in [1.54, 1.807) is 0 Å². The summed E-state index contributed by atoms with van der Waals surface area (Å²) in [5.74, 6) is 0.210. The predicted octanol–water partition coefficient (Wildman–Crippen LogP) is 1.49. The highest BCUT2D eigenvalue weighted by Crippen LogP contribution is 2.23. The molecule has 0 rings (SSSR count). The average molecular weight is 200 g/mol. The number of carbonyl (C=O) groups excluding carboxylic acids is 1. The fraction of sp³-hybridized carbons (Fsp3) is 0.909. The molecule has 0 fully saturated rings. The molecule has 3 heteroatoms. The van der Waals surface area contributed by atoms with Crippen molar-refractivity contribution in [2.45, 2.75) is 40.2 Å². The zero-order valence-corrected chi connectivity index (χ0v) is 10.3. The Hall–Kier alpha value is -0.570. The van der Waals surface area contributed by atoms with Gasteiger partial charge in [0.2, 0.25) is 5.91 Å². The Bertz CT molecular complexity index is 184. The van der Waals surface area contributed by atoms with Crippen LogP contribution in [0.15, 0.2) is 0 Å². The number of hydrogen-bond acceptors (Lipinski definition) is 2. The second-order valence-corrected chi connectivity index (χ2v) is 4.90. The lowest BCUT2D eigenvalue weighted by Crippen LogP contribution is -2.43. The summed E-state index contributed by atoms with van der Waals surface area (Å²) in [7, 11) is 3.74. The summed E-state index contributed by atoms with van der Waals surface area (Å²) in [4.78, 5) is 13.5. The highest BCUT2D eigenvalue weighted by molar-refractivity contribution is 5.76. The highest BCUT2D eigenvalue weighted by atomic mass is 16.2. The monoisotopic (exact) mass is 200 g/mol. The maximum Gasteiger partial charge on any atom is 0.223 e. The van der Waals surface area contributed by atoms with Crippen LogP contribution >= 0.6 is 0 Å². The predicted molar refractivity (Wildman–Crippen MR) is 60.2 cm³/mol. The van der Waals surface area contributed by atoms with Crippen LogP contribution in [0.2, 0.25) is 0 Å². The quantitative estimate of drug-likeness (QED) is 0.745. The molecule has 0 heterocycles. The molecular weight excluding hydrogens is 176 g/mol. The molecular formula is C11H24N2O. The molecule has 0 aliphatic carbocycles. The van der Waals surface area contributed by atoms with Crippen LogP contribution in [-0.2, 0) is 4.79 Å². The zero-order chi connectivity index (χ0) is 11.4. The van der Waals surface area contributed by atoms with Crippen molar-refractivity contribution >= 4 is 5.91 Å². The number of rotatable bonds is 4. The van der Waals surface area contributed by atoms with Crippen molar-refractivity contribution in [3.8, 4) is 0 Å². The Morgan fingerprint density at radius 1 is 1.43 bits per heavy atom. The van der Waals surface area contributed by atoms with Crippen LogP contribution < -0.4 is 5.32 Å². The van der Waals surface area contributed by atoms with Crippen molar-refractivity contribution in [3.63, 3.8) is 0 Å². The van der Waals surface area contributed by atoms with Gasteiger partial charge in [0.25, 0.3) is 0 Å². The van der Waals surface area contributed by atoms with Gasteiger partial charge in [0.1, 0.15) is 0 Å². The van der Waals surface area contributed by atoms with Crippen molar-refractivity contribution in [2.24, 2.45) is 5.41 Å². The van der Waals surface area contributed by atoms with Crippen LogP contribution in [0.5, 0.6) is 0 Å². The Balaban J connectivity index is 4.18. The largest absolute Gasteiger partial charge is 0.342 e. The topological polar surface area (TPSA) is 32.3 Å². The number of hydrogen-bond donors (Lipinski definition) is 1. The molecule has 1 atom stereocenters. The van der Waals surface area contributed by atoms with Gasteiger partial charge in [-0.1, -0.05) is 20.8 Å². The van der Waals surface area contributed by atoms with E-state index in [2.05, 4.69) is 33.0 Å². The second kappa shape index (κ2) is 5.35. The number of nitrogens with one attached hydrogen (secondary N) is 1. The van der Waals surface area contributed by atoms with Crippen LogP contribution in [0.3, 0.4) is 0 Å². The van der Waals surface area contributed by atoms with Crippen molar-refractivity contribution in [2.75, 3.05) is 20.6 Å². The SMILES string of the molecule is CNCCC(=O)N(C)C(C)C(C)(C)C. The van der Waals surface area contributed by atoms with E-state index in [9.17, 15) is 4.79 Å². The third-order valence-corrected chi connectivity index (χ3v) is 2.82. The molecule has 1 N–H and O–H groups in total. The van der Waals surface area contributed by atoms with Gasteiger partial charge < -0.3 is 10.2 Å². The minimum absolute atomic E-state index is 0.143. The van der Waals surface area contributed by atoms with Crippen LogP contribution in [0.1, 0.15) is 34.1 Å². The molecule has 0 aromatic heterocycles. The fourth-order valence-corrected chi connectivity index (χ4v) is 1.21. The first-order valence-corrected chi connectivity index (χ1v) is 5.21. The highest BCUT2D eigenvalue weighted by Gasteiger charge is 2.26. The van der Waals surface area contributed by atoms with E-state index in [0.717, 1.165) is 6.54 Å². The summed E-state index contributed by atoms with van der Waals surface area (Å²) < 4.78 is 0. The Kier molecular flexibility index (Phi) is 5.13. The summed E-state index contributed by atoms with van der Waals surface area (Å²) >= 11 is 0. The smallest absolute Gasteiger partial charge is 0.223 e. The summed E-state index contributed by atoms with van der Waals surface area (Å²) in [6, 6.07) is 0.270. The van der Waals surface area contributed by atoms with Gasteiger partial charge in [0, 0.05) is 26.1 Å². The first-order chi connectivity index (χ1) is 6.30. The van der Waals surface area contributed by atoms with E-state index in [1.165, 1.54) is 0 Å². The molecule has 0 aliphatic heterocycles. The molecule has 0 saturated heterocycles. The number of amides is 1. The van der Waals surface area contributed by atoms with Gasteiger partial charge in [-0.25, -0.2) is 0 Å². The van der Waals surface area contributed by atoms with Gasteiger partial charge in [0.15, 0.2) is 0 Å². The van der Waals surface area contributed by atoms with E-state index in [1.807, 2.05) is 19.0 Å². The lowest BCUT2D eigenvalue weighted by molar-refractivity contribution is -0.133. The molecule has 0 spiro atoms. The van der Waals surface area contributed by atoms with Gasteiger partial charge in [0.05, 0.1) is 0 Å².